The van der Waals surface area contributed by atoms with Crippen LogP contribution in [0.4, 0.5) is 4.79 Å². The first-order chi connectivity index (χ1) is 8.85. The maximum absolute atomic E-state index is 12.0. The lowest BCUT2D eigenvalue weighted by Crippen LogP contribution is -2.42. The molecule has 1 aliphatic heterocycles. The van der Waals surface area contributed by atoms with Gasteiger partial charge in [0.15, 0.2) is 0 Å². The third-order valence-corrected chi connectivity index (χ3v) is 4.15. The Morgan fingerprint density at radius 3 is 2.58 bits per heavy atom. The number of nitrogens with one attached hydrogen (secondary N) is 1. The minimum Gasteiger partial charge on any atom is -0.444 e. The van der Waals surface area contributed by atoms with E-state index in [0.29, 0.717) is 12.1 Å². The molecule has 0 aromatic rings. The van der Waals surface area contributed by atoms with Gasteiger partial charge in [0.05, 0.1) is 0 Å². The Bertz CT molecular complexity index is 325. The van der Waals surface area contributed by atoms with Gasteiger partial charge in [-0.2, -0.15) is 0 Å². The Hall–Kier alpha value is -0.770. The molecule has 4 nitrogen and oxygen atoms in total. The fourth-order valence-electron chi connectivity index (χ4n) is 3.08. The first kappa shape index (κ1) is 14.6. The van der Waals surface area contributed by atoms with Gasteiger partial charge in [-0.3, -0.25) is 0 Å². The van der Waals surface area contributed by atoms with Crippen LogP contribution in [0.3, 0.4) is 0 Å². The molecule has 19 heavy (non-hydrogen) atoms. The highest BCUT2D eigenvalue weighted by molar-refractivity contribution is 5.68. The lowest BCUT2D eigenvalue weighted by Gasteiger charge is -2.25. The molecule has 2 fully saturated rings. The smallest absolute Gasteiger partial charge is 0.410 e. The van der Waals surface area contributed by atoms with Crippen LogP contribution in [-0.2, 0) is 4.74 Å². The largest absolute Gasteiger partial charge is 0.444 e. The Morgan fingerprint density at radius 1 is 1.26 bits per heavy atom. The maximum atomic E-state index is 12.0. The Balaban J connectivity index is 1.78. The molecule has 1 aliphatic carbocycles. The van der Waals surface area contributed by atoms with E-state index in [1.54, 1.807) is 0 Å². The topological polar surface area (TPSA) is 41.6 Å². The van der Waals surface area contributed by atoms with E-state index in [-0.39, 0.29) is 6.09 Å². The number of amides is 1. The highest BCUT2D eigenvalue weighted by atomic mass is 16.6. The molecule has 3 unspecified atom stereocenters. The molecule has 0 bridgehead atoms. The summed E-state index contributed by atoms with van der Waals surface area (Å²) in [6.07, 6.45) is 4.82. The molecule has 1 saturated heterocycles. The highest BCUT2D eigenvalue weighted by Crippen LogP contribution is 2.26. The highest BCUT2D eigenvalue weighted by Gasteiger charge is 2.32. The molecule has 1 amide bonds. The Kier molecular flexibility index (Phi) is 4.39. The van der Waals surface area contributed by atoms with Crippen molar-refractivity contribution >= 4 is 6.09 Å². The number of rotatable bonds is 2. The molecule has 1 N–H and O–H groups in total. The number of ether oxygens (including phenoxy) is 1. The Labute approximate surface area is 116 Å². The quantitative estimate of drug-likeness (QED) is 0.837. The second-order valence-corrected chi connectivity index (χ2v) is 7.09. The lowest BCUT2D eigenvalue weighted by atomic mass is 10.1. The minimum atomic E-state index is -0.400. The van der Waals surface area contributed by atoms with Crippen LogP contribution in [0.2, 0.25) is 0 Å². The fraction of sp³-hybridized carbons (Fsp3) is 0.933. The number of hydrogen-bond donors (Lipinski definition) is 1. The Morgan fingerprint density at radius 2 is 2.00 bits per heavy atom. The zero-order valence-corrected chi connectivity index (χ0v) is 12.7. The van der Waals surface area contributed by atoms with E-state index in [1.165, 1.54) is 19.3 Å². The van der Waals surface area contributed by atoms with E-state index < -0.39 is 5.60 Å². The standard InChI is InChI=1S/C15H28N2O2/c1-11-6-5-7-13(11)16-12-8-9-17(10-12)14(18)19-15(2,3)4/h11-13,16H,5-10H2,1-4H3. The van der Waals surface area contributed by atoms with Crippen LogP contribution in [0.1, 0.15) is 53.4 Å². The van der Waals surface area contributed by atoms with Crippen molar-refractivity contribution in [3.05, 3.63) is 0 Å². The third-order valence-electron chi connectivity index (χ3n) is 4.15. The van der Waals surface area contributed by atoms with Crippen molar-refractivity contribution in [3.63, 3.8) is 0 Å². The summed E-state index contributed by atoms with van der Waals surface area (Å²) < 4.78 is 5.42. The van der Waals surface area contributed by atoms with Crippen LogP contribution in [0.5, 0.6) is 0 Å². The van der Waals surface area contributed by atoms with Crippen LogP contribution < -0.4 is 5.32 Å². The van der Waals surface area contributed by atoms with Gasteiger partial charge >= 0.3 is 6.09 Å². The summed E-state index contributed by atoms with van der Waals surface area (Å²) in [4.78, 5) is 13.8. The number of hydrogen-bond acceptors (Lipinski definition) is 3. The van der Waals surface area contributed by atoms with Crippen molar-refractivity contribution in [2.75, 3.05) is 13.1 Å². The average Bonchev–Trinajstić information content (AvgIpc) is 2.87. The van der Waals surface area contributed by atoms with Gasteiger partial charge in [-0.1, -0.05) is 13.3 Å². The van der Waals surface area contributed by atoms with Gasteiger partial charge in [0.1, 0.15) is 5.60 Å². The van der Waals surface area contributed by atoms with Gasteiger partial charge in [0, 0.05) is 25.2 Å². The molecule has 3 atom stereocenters. The van der Waals surface area contributed by atoms with Gasteiger partial charge in [-0.15, -0.1) is 0 Å². The fourth-order valence-corrected chi connectivity index (χ4v) is 3.08. The van der Waals surface area contributed by atoms with Gasteiger partial charge in [0.25, 0.3) is 0 Å². The molecule has 2 rings (SSSR count). The minimum absolute atomic E-state index is 0.170. The van der Waals surface area contributed by atoms with Gasteiger partial charge in [-0.25, -0.2) is 4.79 Å². The van der Waals surface area contributed by atoms with Crippen LogP contribution in [0.25, 0.3) is 0 Å². The number of carbonyl (C=O) groups excluding carboxylic acids is 1. The predicted octanol–water partition coefficient (Wildman–Crippen LogP) is 2.77. The van der Waals surface area contributed by atoms with E-state index in [4.69, 9.17) is 4.74 Å². The van der Waals surface area contributed by atoms with E-state index >= 15 is 0 Å². The van der Waals surface area contributed by atoms with E-state index in [2.05, 4.69) is 12.2 Å². The molecule has 1 saturated carbocycles. The van der Waals surface area contributed by atoms with Crippen LogP contribution >= 0.6 is 0 Å². The first-order valence-electron chi connectivity index (χ1n) is 7.59. The van der Waals surface area contributed by atoms with Gasteiger partial charge in [0.2, 0.25) is 0 Å². The predicted molar refractivity (Wildman–Crippen MR) is 76.2 cm³/mol. The average molecular weight is 268 g/mol. The normalized spacial score (nSPS) is 31.8. The van der Waals surface area contributed by atoms with Crippen LogP contribution in [0.15, 0.2) is 0 Å². The number of nitrogens with zero attached hydrogens (tertiary/aromatic N) is 1. The molecule has 0 radical (unpaired) electrons. The molecule has 2 aliphatic rings. The zero-order valence-electron chi connectivity index (χ0n) is 12.7. The van der Waals surface area contributed by atoms with Gasteiger partial charge in [-0.05, 0) is 46.0 Å². The second-order valence-electron chi connectivity index (χ2n) is 7.09. The summed E-state index contributed by atoms with van der Waals surface area (Å²) in [5, 5.41) is 3.73. The van der Waals surface area contributed by atoms with E-state index in [1.807, 2.05) is 25.7 Å². The summed E-state index contributed by atoms with van der Waals surface area (Å²) in [6.45, 7) is 9.67. The molecule has 0 aromatic carbocycles. The maximum Gasteiger partial charge on any atom is 0.410 e. The summed E-state index contributed by atoms with van der Waals surface area (Å²) in [7, 11) is 0. The molecular weight excluding hydrogens is 240 g/mol. The second kappa shape index (κ2) is 5.70. The van der Waals surface area contributed by atoms with Crippen molar-refractivity contribution in [3.8, 4) is 0 Å². The van der Waals surface area contributed by atoms with Crippen LogP contribution in [0, 0.1) is 5.92 Å². The van der Waals surface area contributed by atoms with Crippen molar-refractivity contribution in [1.29, 1.82) is 0 Å². The van der Waals surface area contributed by atoms with E-state index in [0.717, 1.165) is 25.4 Å². The summed E-state index contributed by atoms with van der Waals surface area (Å²) in [5.41, 5.74) is -0.400. The van der Waals surface area contributed by atoms with Gasteiger partial charge < -0.3 is 15.0 Å². The van der Waals surface area contributed by atoms with Crippen molar-refractivity contribution in [2.24, 2.45) is 5.92 Å². The van der Waals surface area contributed by atoms with E-state index in [9.17, 15) is 4.79 Å². The molecule has 1 heterocycles. The van der Waals surface area contributed by atoms with Crippen LogP contribution in [-0.4, -0.2) is 41.8 Å². The first-order valence-corrected chi connectivity index (χ1v) is 7.59. The number of carbonyl (C=O) groups is 1. The van der Waals surface area contributed by atoms with Crippen molar-refractivity contribution in [2.45, 2.75) is 71.1 Å². The summed E-state index contributed by atoms with van der Waals surface area (Å²) >= 11 is 0. The monoisotopic (exact) mass is 268 g/mol. The van der Waals surface area contributed by atoms with Crippen molar-refractivity contribution < 1.29 is 9.53 Å². The SMILES string of the molecule is CC1CCCC1NC1CCN(C(=O)OC(C)(C)C)C1. The summed E-state index contributed by atoms with van der Waals surface area (Å²) in [5.74, 6) is 0.774. The molecule has 0 spiro atoms. The zero-order chi connectivity index (χ0) is 14.0. The molecule has 110 valence electrons. The molecule has 4 heteroatoms. The lowest BCUT2D eigenvalue weighted by molar-refractivity contribution is 0.0290. The number of likely N-dealkylation sites (tertiary alicyclic amines) is 1. The molecule has 0 aromatic heterocycles. The van der Waals surface area contributed by atoms with Crippen molar-refractivity contribution in [1.82, 2.24) is 10.2 Å². The molecular formula is C15H28N2O2. The summed E-state index contributed by atoms with van der Waals surface area (Å²) in [6, 6.07) is 1.08. The third kappa shape index (κ3) is 4.10.